The van der Waals surface area contributed by atoms with Crippen LogP contribution < -0.4 is 5.32 Å². The van der Waals surface area contributed by atoms with Crippen molar-refractivity contribution in [3.05, 3.63) is 0 Å². The summed E-state index contributed by atoms with van der Waals surface area (Å²) in [6.07, 6.45) is 1.20. The number of amidine groups is 1. The Morgan fingerprint density at radius 1 is 1.39 bits per heavy atom. The molecule has 1 heterocycles. The molecule has 0 bridgehead atoms. The van der Waals surface area contributed by atoms with Crippen molar-refractivity contribution in [3.63, 3.8) is 0 Å². The summed E-state index contributed by atoms with van der Waals surface area (Å²) in [6, 6.07) is 0.507. The van der Waals surface area contributed by atoms with E-state index in [0.717, 1.165) is 24.0 Å². The molecule has 1 N–H and O–H groups in total. The predicted octanol–water partition coefficient (Wildman–Crippen LogP) is 2.68. The van der Waals surface area contributed by atoms with Crippen LogP contribution >= 0.6 is 11.8 Å². The van der Waals surface area contributed by atoms with Gasteiger partial charge in [0.1, 0.15) is 0 Å². The Labute approximate surface area is 117 Å². The highest BCUT2D eigenvalue weighted by molar-refractivity contribution is 8.13. The summed E-state index contributed by atoms with van der Waals surface area (Å²) in [4.78, 5) is 6.93. The fourth-order valence-electron chi connectivity index (χ4n) is 2.09. The number of thioether (sulfide) groups is 1. The Kier molecular flexibility index (Phi) is 5.99. The van der Waals surface area contributed by atoms with Crippen molar-refractivity contribution in [1.82, 2.24) is 10.2 Å². The summed E-state index contributed by atoms with van der Waals surface area (Å²) in [5.41, 5.74) is 0.352. The third kappa shape index (κ3) is 6.10. The molecule has 0 saturated carbocycles. The van der Waals surface area contributed by atoms with Crippen LogP contribution in [0.15, 0.2) is 4.99 Å². The molecule has 4 heteroatoms. The molecule has 0 aromatic rings. The molecule has 0 aliphatic carbocycles. The third-order valence-corrected chi connectivity index (χ3v) is 4.37. The first-order valence-electron chi connectivity index (χ1n) is 6.87. The van der Waals surface area contributed by atoms with Gasteiger partial charge >= 0.3 is 0 Å². The van der Waals surface area contributed by atoms with Gasteiger partial charge in [-0.1, -0.05) is 39.5 Å². The molecule has 3 nitrogen and oxygen atoms in total. The average molecular weight is 271 g/mol. The van der Waals surface area contributed by atoms with Gasteiger partial charge in [0.2, 0.25) is 0 Å². The molecule has 0 aromatic carbocycles. The molecule has 0 aromatic heterocycles. The molecule has 0 amide bonds. The smallest absolute Gasteiger partial charge is 0.156 e. The van der Waals surface area contributed by atoms with Gasteiger partial charge in [-0.25, -0.2) is 0 Å². The van der Waals surface area contributed by atoms with Crippen LogP contribution in [0, 0.1) is 11.3 Å². The summed E-state index contributed by atoms with van der Waals surface area (Å²) in [6.45, 7) is 11.1. The van der Waals surface area contributed by atoms with Crippen molar-refractivity contribution >= 4 is 16.9 Å². The van der Waals surface area contributed by atoms with Gasteiger partial charge in [-0.05, 0) is 31.8 Å². The van der Waals surface area contributed by atoms with E-state index >= 15 is 0 Å². The number of nitrogens with one attached hydrogen (secondary N) is 1. The van der Waals surface area contributed by atoms with Gasteiger partial charge in [-0.2, -0.15) is 0 Å². The highest BCUT2D eigenvalue weighted by Gasteiger charge is 2.24. The first-order chi connectivity index (χ1) is 8.28. The van der Waals surface area contributed by atoms with E-state index in [1.165, 1.54) is 6.42 Å². The molecule has 1 atom stereocenters. The Balaban J connectivity index is 2.52. The van der Waals surface area contributed by atoms with Gasteiger partial charge in [0, 0.05) is 24.9 Å². The lowest BCUT2D eigenvalue weighted by molar-refractivity contribution is 0.328. The quantitative estimate of drug-likeness (QED) is 0.833. The fourth-order valence-corrected chi connectivity index (χ4v) is 3.12. The van der Waals surface area contributed by atoms with Crippen molar-refractivity contribution in [1.29, 1.82) is 0 Å². The van der Waals surface area contributed by atoms with E-state index < -0.39 is 0 Å². The van der Waals surface area contributed by atoms with Crippen LogP contribution in [0.5, 0.6) is 0 Å². The molecule has 18 heavy (non-hydrogen) atoms. The Bertz CT molecular complexity index is 275. The molecule has 0 spiro atoms. The maximum absolute atomic E-state index is 4.69. The lowest BCUT2D eigenvalue weighted by atomic mass is 9.97. The van der Waals surface area contributed by atoms with Gasteiger partial charge in [0.25, 0.3) is 0 Å². The summed E-state index contributed by atoms with van der Waals surface area (Å²) >= 11 is 1.87. The molecule has 1 aliphatic rings. The zero-order valence-corrected chi connectivity index (χ0v) is 13.6. The third-order valence-electron chi connectivity index (χ3n) is 2.92. The number of nitrogens with zero attached hydrogens (tertiary/aromatic N) is 2. The summed E-state index contributed by atoms with van der Waals surface area (Å²) in [5, 5.41) is 4.77. The summed E-state index contributed by atoms with van der Waals surface area (Å²) in [5.74, 6) is 1.88. The second-order valence-electron chi connectivity index (χ2n) is 6.81. The van der Waals surface area contributed by atoms with Gasteiger partial charge in [-0.15, -0.1) is 0 Å². The van der Waals surface area contributed by atoms with Crippen molar-refractivity contribution in [2.45, 2.75) is 40.2 Å². The first kappa shape index (κ1) is 15.8. The van der Waals surface area contributed by atoms with E-state index in [9.17, 15) is 0 Å². The Morgan fingerprint density at radius 3 is 2.50 bits per heavy atom. The summed E-state index contributed by atoms with van der Waals surface area (Å²) < 4.78 is 0. The number of rotatable bonds is 5. The molecule has 0 fully saturated rings. The van der Waals surface area contributed by atoms with Gasteiger partial charge < -0.3 is 10.2 Å². The van der Waals surface area contributed by atoms with Crippen LogP contribution in [-0.2, 0) is 0 Å². The maximum atomic E-state index is 4.69. The maximum Gasteiger partial charge on any atom is 0.156 e. The number of hydrogen-bond acceptors (Lipinski definition) is 4. The molecule has 0 radical (unpaired) electrons. The van der Waals surface area contributed by atoms with Crippen molar-refractivity contribution in [2.24, 2.45) is 16.3 Å². The molecule has 0 saturated heterocycles. The SMILES string of the molecule is CC(C)CC(CN(C)C)NC1=NCC(C)(C)CS1. The van der Waals surface area contributed by atoms with Crippen LogP contribution in [0.1, 0.15) is 34.1 Å². The second kappa shape index (κ2) is 6.80. The minimum Gasteiger partial charge on any atom is -0.361 e. The van der Waals surface area contributed by atoms with E-state index in [-0.39, 0.29) is 0 Å². The molecular weight excluding hydrogens is 242 g/mol. The molecule has 106 valence electrons. The van der Waals surface area contributed by atoms with E-state index in [2.05, 4.69) is 57.0 Å². The zero-order chi connectivity index (χ0) is 13.8. The van der Waals surface area contributed by atoms with Gasteiger partial charge in [0.05, 0.1) is 0 Å². The largest absolute Gasteiger partial charge is 0.361 e. The molecule has 1 aliphatic heterocycles. The van der Waals surface area contributed by atoms with Crippen LogP contribution in [0.2, 0.25) is 0 Å². The normalized spacial score (nSPS) is 21.0. The standard InChI is InChI=1S/C14H29N3S/c1-11(2)7-12(8-17(5)6)16-13-15-9-14(3,4)10-18-13/h11-12H,7-10H2,1-6H3,(H,15,16). The Morgan fingerprint density at radius 2 is 2.06 bits per heavy atom. The van der Waals surface area contributed by atoms with Crippen molar-refractivity contribution in [3.8, 4) is 0 Å². The second-order valence-corrected chi connectivity index (χ2v) is 7.77. The predicted molar refractivity (Wildman–Crippen MR) is 83.5 cm³/mol. The topological polar surface area (TPSA) is 27.6 Å². The number of hydrogen-bond donors (Lipinski definition) is 1. The van der Waals surface area contributed by atoms with E-state index in [1.54, 1.807) is 0 Å². The lowest BCUT2D eigenvalue weighted by Crippen LogP contribution is -2.43. The highest BCUT2D eigenvalue weighted by atomic mass is 32.2. The lowest BCUT2D eigenvalue weighted by Gasteiger charge is -2.30. The van der Waals surface area contributed by atoms with Crippen LogP contribution in [0.3, 0.4) is 0 Å². The average Bonchev–Trinajstić information content (AvgIpc) is 2.19. The van der Waals surface area contributed by atoms with Crippen LogP contribution in [0.4, 0.5) is 0 Å². The zero-order valence-electron chi connectivity index (χ0n) is 12.8. The minimum absolute atomic E-state index is 0.352. The Hall–Kier alpha value is -0.220. The number of aliphatic imine (C=N–C) groups is 1. The molecule has 1 unspecified atom stereocenters. The van der Waals surface area contributed by atoms with Gasteiger partial charge in [-0.3, -0.25) is 4.99 Å². The highest BCUT2D eigenvalue weighted by Crippen LogP contribution is 2.27. The van der Waals surface area contributed by atoms with E-state index in [1.807, 2.05) is 11.8 Å². The van der Waals surface area contributed by atoms with Gasteiger partial charge in [0.15, 0.2) is 5.17 Å². The van der Waals surface area contributed by atoms with E-state index in [0.29, 0.717) is 17.4 Å². The molecule has 1 rings (SSSR count). The van der Waals surface area contributed by atoms with E-state index in [4.69, 9.17) is 0 Å². The van der Waals surface area contributed by atoms with Crippen molar-refractivity contribution < 1.29 is 0 Å². The first-order valence-corrected chi connectivity index (χ1v) is 7.85. The van der Waals surface area contributed by atoms with Crippen molar-refractivity contribution in [2.75, 3.05) is 32.9 Å². The minimum atomic E-state index is 0.352. The monoisotopic (exact) mass is 271 g/mol. The molecular formula is C14H29N3S. The number of likely N-dealkylation sites (N-methyl/N-ethyl adjacent to an activating group) is 1. The summed E-state index contributed by atoms with van der Waals surface area (Å²) in [7, 11) is 4.27. The van der Waals surface area contributed by atoms with Crippen LogP contribution in [-0.4, -0.2) is 49.0 Å². The van der Waals surface area contributed by atoms with Crippen LogP contribution in [0.25, 0.3) is 0 Å². The fraction of sp³-hybridized carbons (Fsp3) is 0.929.